The molecule has 0 spiro atoms. The van der Waals surface area contributed by atoms with Crippen molar-refractivity contribution in [3.8, 4) is 33.4 Å². The Balaban J connectivity index is 1.23. The van der Waals surface area contributed by atoms with E-state index in [1.54, 1.807) is 0 Å². The fraction of sp³-hybridized carbons (Fsp3) is 0. The molecule has 212 valence electrons. The van der Waals surface area contributed by atoms with Crippen LogP contribution < -0.4 is 4.90 Å². The smallest absolute Gasteiger partial charge is 0.0546 e. The van der Waals surface area contributed by atoms with Gasteiger partial charge < -0.3 is 4.90 Å². The lowest BCUT2D eigenvalue weighted by Gasteiger charge is -2.28. The summed E-state index contributed by atoms with van der Waals surface area (Å²) in [5.74, 6) is 0. The standard InChI is InChI=1S/C44H31N/c1-3-10-32(11-4-1)34-18-20-35(21-19-34)37-26-30-41(31-27-37)45(40-28-24-36(25-29-40)33-12-5-2-6-13-33)43-17-9-15-39-23-22-38-14-7-8-16-42(38)44(39)43/h1-31H. The molecule has 0 fully saturated rings. The fourth-order valence-electron chi connectivity index (χ4n) is 6.38. The first-order chi connectivity index (χ1) is 22.3. The first kappa shape index (κ1) is 26.7. The Kier molecular flexibility index (Phi) is 6.90. The van der Waals surface area contributed by atoms with Crippen molar-refractivity contribution in [1.82, 2.24) is 0 Å². The first-order valence-corrected chi connectivity index (χ1v) is 15.4. The van der Waals surface area contributed by atoms with Gasteiger partial charge in [0.05, 0.1) is 5.69 Å². The molecule has 0 saturated heterocycles. The molecule has 8 aromatic rings. The maximum absolute atomic E-state index is 2.39. The SMILES string of the molecule is c1ccc(-c2ccc(-c3ccc(N(c4ccc(-c5ccccc5)cc4)c4cccc5ccc6ccccc6c45)cc3)cc2)cc1. The Morgan fingerprint density at radius 3 is 1.20 bits per heavy atom. The molecule has 1 nitrogen and oxygen atoms in total. The molecule has 45 heavy (non-hydrogen) atoms. The molecule has 1 heteroatoms. The fourth-order valence-corrected chi connectivity index (χ4v) is 6.38. The number of nitrogens with zero attached hydrogens (tertiary/aromatic N) is 1. The average molecular weight is 574 g/mol. The van der Waals surface area contributed by atoms with E-state index in [2.05, 4.69) is 193 Å². The van der Waals surface area contributed by atoms with E-state index in [-0.39, 0.29) is 0 Å². The third-order valence-electron chi connectivity index (χ3n) is 8.67. The highest BCUT2D eigenvalue weighted by atomic mass is 15.1. The summed E-state index contributed by atoms with van der Waals surface area (Å²) < 4.78 is 0. The predicted molar refractivity (Wildman–Crippen MR) is 192 cm³/mol. The molecule has 0 N–H and O–H groups in total. The van der Waals surface area contributed by atoms with Crippen molar-refractivity contribution in [2.75, 3.05) is 4.90 Å². The Morgan fingerprint density at radius 2 is 0.667 bits per heavy atom. The van der Waals surface area contributed by atoms with Crippen LogP contribution in [0.2, 0.25) is 0 Å². The second-order valence-electron chi connectivity index (χ2n) is 11.4. The molecule has 8 aromatic carbocycles. The van der Waals surface area contributed by atoms with Crippen molar-refractivity contribution < 1.29 is 0 Å². The van der Waals surface area contributed by atoms with Crippen LogP contribution in [0.4, 0.5) is 17.1 Å². The Morgan fingerprint density at radius 1 is 0.267 bits per heavy atom. The Hall–Kier alpha value is -5.92. The summed E-state index contributed by atoms with van der Waals surface area (Å²) in [6.07, 6.45) is 0. The highest BCUT2D eigenvalue weighted by Gasteiger charge is 2.17. The number of anilines is 3. The summed E-state index contributed by atoms with van der Waals surface area (Å²) in [5.41, 5.74) is 10.7. The molecule has 0 aromatic heterocycles. The molecule has 0 saturated carbocycles. The first-order valence-electron chi connectivity index (χ1n) is 15.4. The average Bonchev–Trinajstić information content (AvgIpc) is 3.13. The van der Waals surface area contributed by atoms with Gasteiger partial charge in [0.1, 0.15) is 0 Å². The maximum Gasteiger partial charge on any atom is 0.0546 e. The predicted octanol–water partition coefficient (Wildman–Crippen LogP) is 12.5. The summed E-state index contributed by atoms with van der Waals surface area (Å²) in [6.45, 7) is 0. The van der Waals surface area contributed by atoms with Crippen molar-refractivity contribution >= 4 is 38.6 Å². The maximum atomic E-state index is 2.39. The number of rotatable bonds is 6. The molecule has 0 aliphatic rings. The highest BCUT2D eigenvalue weighted by Crippen LogP contribution is 2.42. The van der Waals surface area contributed by atoms with E-state index in [9.17, 15) is 0 Å². The van der Waals surface area contributed by atoms with Gasteiger partial charge in [-0.25, -0.2) is 0 Å². The minimum atomic E-state index is 1.12. The lowest BCUT2D eigenvalue weighted by Crippen LogP contribution is -2.10. The summed E-state index contributed by atoms with van der Waals surface area (Å²) >= 11 is 0. The van der Waals surface area contributed by atoms with Gasteiger partial charge in [-0.3, -0.25) is 0 Å². The molecular formula is C44H31N. The third kappa shape index (κ3) is 5.15. The molecule has 0 amide bonds. The van der Waals surface area contributed by atoms with E-state index in [1.165, 1.54) is 54.9 Å². The highest BCUT2D eigenvalue weighted by molar-refractivity contribution is 6.15. The van der Waals surface area contributed by atoms with Crippen LogP contribution in [0.5, 0.6) is 0 Å². The quantitative estimate of drug-likeness (QED) is 0.179. The number of fused-ring (bicyclic) bond motifs is 3. The van der Waals surface area contributed by atoms with Gasteiger partial charge >= 0.3 is 0 Å². The summed E-state index contributed by atoms with van der Waals surface area (Å²) in [5, 5.41) is 4.98. The molecule has 0 radical (unpaired) electrons. The number of hydrogen-bond acceptors (Lipinski definition) is 1. The van der Waals surface area contributed by atoms with Gasteiger partial charge in [-0.05, 0) is 79.9 Å². The minimum Gasteiger partial charge on any atom is -0.310 e. The van der Waals surface area contributed by atoms with E-state index in [0.717, 1.165) is 17.1 Å². The monoisotopic (exact) mass is 573 g/mol. The van der Waals surface area contributed by atoms with Crippen molar-refractivity contribution in [1.29, 1.82) is 0 Å². The van der Waals surface area contributed by atoms with E-state index >= 15 is 0 Å². The van der Waals surface area contributed by atoms with Crippen molar-refractivity contribution in [3.05, 3.63) is 188 Å². The summed E-state index contributed by atoms with van der Waals surface area (Å²) in [7, 11) is 0. The van der Waals surface area contributed by atoms with Crippen LogP contribution in [-0.2, 0) is 0 Å². The largest absolute Gasteiger partial charge is 0.310 e. The normalized spacial score (nSPS) is 11.1. The second kappa shape index (κ2) is 11.6. The molecule has 8 rings (SSSR count). The molecule has 0 unspecified atom stereocenters. The van der Waals surface area contributed by atoms with E-state index in [1.807, 2.05) is 0 Å². The molecule has 0 atom stereocenters. The van der Waals surface area contributed by atoms with Gasteiger partial charge in [-0.1, -0.05) is 158 Å². The van der Waals surface area contributed by atoms with Gasteiger partial charge in [0, 0.05) is 16.8 Å². The van der Waals surface area contributed by atoms with Crippen LogP contribution >= 0.6 is 0 Å². The molecule has 0 heterocycles. The van der Waals surface area contributed by atoms with Gasteiger partial charge in [0.15, 0.2) is 0 Å². The summed E-state index contributed by atoms with van der Waals surface area (Å²) in [6, 6.07) is 67.6. The molecule has 0 aliphatic carbocycles. The van der Waals surface area contributed by atoms with Crippen LogP contribution in [0.15, 0.2) is 188 Å². The van der Waals surface area contributed by atoms with Gasteiger partial charge in [0.25, 0.3) is 0 Å². The Labute approximate surface area is 264 Å². The van der Waals surface area contributed by atoms with Crippen LogP contribution in [0.1, 0.15) is 0 Å². The summed E-state index contributed by atoms with van der Waals surface area (Å²) in [4.78, 5) is 2.39. The van der Waals surface area contributed by atoms with Crippen LogP contribution in [0.25, 0.3) is 54.9 Å². The van der Waals surface area contributed by atoms with Gasteiger partial charge in [-0.2, -0.15) is 0 Å². The number of benzene rings is 8. The van der Waals surface area contributed by atoms with E-state index < -0.39 is 0 Å². The van der Waals surface area contributed by atoms with Crippen molar-refractivity contribution in [3.63, 3.8) is 0 Å². The van der Waals surface area contributed by atoms with Gasteiger partial charge in [0.2, 0.25) is 0 Å². The zero-order valence-corrected chi connectivity index (χ0v) is 24.8. The zero-order valence-electron chi connectivity index (χ0n) is 24.8. The molecule has 0 bridgehead atoms. The van der Waals surface area contributed by atoms with E-state index in [0.29, 0.717) is 0 Å². The van der Waals surface area contributed by atoms with Crippen LogP contribution in [-0.4, -0.2) is 0 Å². The third-order valence-corrected chi connectivity index (χ3v) is 8.67. The van der Waals surface area contributed by atoms with Crippen LogP contribution in [0.3, 0.4) is 0 Å². The van der Waals surface area contributed by atoms with Crippen molar-refractivity contribution in [2.45, 2.75) is 0 Å². The topological polar surface area (TPSA) is 3.24 Å². The van der Waals surface area contributed by atoms with Gasteiger partial charge in [-0.15, -0.1) is 0 Å². The van der Waals surface area contributed by atoms with Crippen molar-refractivity contribution in [2.24, 2.45) is 0 Å². The molecule has 0 aliphatic heterocycles. The second-order valence-corrected chi connectivity index (χ2v) is 11.4. The lowest BCUT2D eigenvalue weighted by molar-refractivity contribution is 1.30. The number of hydrogen-bond donors (Lipinski definition) is 0. The van der Waals surface area contributed by atoms with Crippen LogP contribution in [0, 0.1) is 0 Å². The lowest BCUT2D eigenvalue weighted by atomic mass is 9.98. The zero-order chi connectivity index (χ0) is 30.0. The Bertz CT molecular complexity index is 2220. The van der Waals surface area contributed by atoms with E-state index in [4.69, 9.17) is 0 Å². The molecular weight excluding hydrogens is 542 g/mol. The minimum absolute atomic E-state index is 1.12.